The van der Waals surface area contributed by atoms with Crippen molar-refractivity contribution in [1.29, 1.82) is 0 Å². The van der Waals surface area contributed by atoms with Gasteiger partial charge in [-0.2, -0.15) is 18.3 Å². The molecule has 2 aromatic rings. The van der Waals surface area contributed by atoms with E-state index in [1.165, 1.54) is 47.6 Å². The molecule has 4 rings (SSSR count). The van der Waals surface area contributed by atoms with E-state index < -0.39 is 12.1 Å². The van der Waals surface area contributed by atoms with E-state index in [1.54, 1.807) is 0 Å². The number of carboxylic acids is 1. The lowest BCUT2D eigenvalue weighted by molar-refractivity contribution is -0.192. The van der Waals surface area contributed by atoms with Crippen LogP contribution in [0.3, 0.4) is 0 Å². The van der Waals surface area contributed by atoms with Gasteiger partial charge in [-0.05, 0) is 24.3 Å². The number of hydrogen-bond donors (Lipinski definition) is 2. The second-order valence-corrected chi connectivity index (χ2v) is 7.52. The van der Waals surface area contributed by atoms with Gasteiger partial charge in [-0.25, -0.2) is 4.79 Å². The van der Waals surface area contributed by atoms with Crippen molar-refractivity contribution in [3.05, 3.63) is 39.3 Å². The van der Waals surface area contributed by atoms with Gasteiger partial charge in [0.2, 0.25) is 0 Å². The largest absolute Gasteiger partial charge is 0.490 e. The van der Waals surface area contributed by atoms with Crippen molar-refractivity contribution in [1.82, 2.24) is 15.1 Å². The van der Waals surface area contributed by atoms with Gasteiger partial charge >= 0.3 is 12.1 Å². The Hall–Kier alpha value is -1.87. The van der Waals surface area contributed by atoms with Crippen LogP contribution in [0.5, 0.6) is 0 Å². The average Bonchev–Trinajstić information content (AvgIpc) is 3.16. The number of thiophene rings is 1. The monoisotopic (exact) mass is 387 g/mol. The van der Waals surface area contributed by atoms with Crippen molar-refractivity contribution in [3.63, 3.8) is 0 Å². The van der Waals surface area contributed by atoms with E-state index in [-0.39, 0.29) is 0 Å². The number of nitrogens with zero attached hydrogens (tertiary/aromatic N) is 2. The van der Waals surface area contributed by atoms with E-state index in [2.05, 4.69) is 32.6 Å². The number of carboxylic acid groups (broad SMARTS) is 1. The first-order chi connectivity index (χ1) is 12.3. The van der Waals surface area contributed by atoms with Crippen molar-refractivity contribution in [3.8, 4) is 0 Å². The van der Waals surface area contributed by atoms with Gasteiger partial charge in [0.25, 0.3) is 0 Å². The molecule has 0 spiro atoms. The lowest BCUT2D eigenvalue weighted by atomic mass is 9.89. The summed E-state index contributed by atoms with van der Waals surface area (Å²) in [5.74, 6) is -2.76. The molecular formula is C17H20F3N3O2S. The van der Waals surface area contributed by atoms with Crippen LogP contribution in [-0.2, 0) is 24.2 Å². The lowest BCUT2D eigenvalue weighted by Gasteiger charge is -2.39. The lowest BCUT2D eigenvalue weighted by Crippen LogP contribution is -2.43. The Morgan fingerprint density at radius 2 is 2.15 bits per heavy atom. The van der Waals surface area contributed by atoms with Gasteiger partial charge in [0.1, 0.15) is 0 Å². The summed E-state index contributed by atoms with van der Waals surface area (Å²) in [6.45, 7) is 2.31. The Kier molecular flexibility index (Phi) is 5.67. The predicted octanol–water partition coefficient (Wildman–Crippen LogP) is 3.61. The Morgan fingerprint density at radius 1 is 1.42 bits per heavy atom. The number of H-pyrrole nitrogens is 1. The number of nitrogens with one attached hydrogen (secondary N) is 1. The molecule has 5 nitrogen and oxygen atoms in total. The third kappa shape index (κ3) is 4.45. The molecule has 1 aliphatic carbocycles. The average molecular weight is 387 g/mol. The standard InChI is InChI=1S/C15H19N3S.C2HF3O2/c1-3-11(4-1)18-7-6-14-13(10-18)15(17-16-14)9-12-5-2-8-19-12;3-2(4,5)1(6)7/h2,5,8,11H,1,3-4,6-7,9-10H2,(H,16,17);(H,6,7). The fourth-order valence-electron chi connectivity index (χ4n) is 3.16. The molecule has 9 heteroatoms. The first-order valence-electron chi connectivity index (χ1n) is 8.46. The zero-order valence-electron chi connectivity index (χ0n) is 14.1. The van der Waals surface area contributed by atoms with Gasteiger partial charge < -0.3 is 5.11 Å². The van der Waals surface area contributed by atoms with Crippen molar-refractivity contribution in [2.24, 2.45) is 0 Å². The van der Waals surface area contributed by atoms with E-state index >= 15 is 0 Å². The quantitative estimate of drug-likeness (QED) is 0.844. The van der Waals surface area contributed by atoms with E-state index in [0.717, 1.165) is 25.4 Å². The zero-order valence-corrected chi connectivity index (χ0v) is 14.9. The van der Waals surface area contributed by atoms with Crippen molar-refractivity contribution < 1.29 is 23.1 Å². The molecule has 2 aromatic heterocycles. The molecule has 0 atom stereocenters. The van der Waals surface area contributed by atoms with Crippen LogP contribution < -0.4 is 0 Å². The number of halogens is 3. The molecule has 1 fully saturated rings. The number of aromatic nitrogens is 2. The maximum Gasteiger partial charge on any atom is 0.490 e. The molecule has 0 bridgehead atoms. The summed E-state index contributed by atoms with van der Waals surface area (Å²) in [6.07, 6.45) is 1.26. The van der Waals surface area contributed by atoms with E-state index in [1.807, 2.05) is 11.3 Å². The second kappa shape index (κ2) is 7.79. The molecular weight excluding hydrogens is 367 g/mol. The van der Waals surface area contributed by atoms with Gasteiger partial charge in [0.05, 0.1) is 5.69 Å². The highest BCUT2D eigenvalue weighted by molar-refractivity contribution is 7.09. The smallest absolute Gasteiger partial charge is 0.475 e. The number of aliphatic carboxylic acids is 1. The maximum atomic E-state index is 10.6. The maximum absolute atomic E-state index is 10.6. The summed E-state index contributed by atoms with van der Waals surface area (Å²) < 4.78 is 31.7. The van der Waals surface area contributed by atoms with Crippen molar-refractivity contribution >= 4 is 17.3 Å². The van der Waals surface area contributed by atoms with Crippen LogP contribution in [0.15, 0.2) is 17.5 Å². The normalized spacial score (nSPS) is 17.8. The highest BCUT2D eigenvalue weighted by atomic mass is 32.1. The van der Waals surface area contributed by atoms with Crippen LogP contribution >= 0.6 is 11.3 Å². The van der Waals surface area contributed by atoms with E-state index in [9.17, 15) is 13.2 Å². The predicted molar refractivity (Wildman–Crippen MR) is 91.2 cm³/mol. The van der Waals surface area contributed by atoms with Crippen LogP contribution in [0.1, 0.15) is 41.1 Å². The number of aromatic amines is 1. The Morgan fingerprint density at radius 3 is 2.69 bits per heavy atom. The van der Waals surface area contributed by atoms with Gasteiger partial charge in [0.15, 0.2) is 0 Å². The first-order valence-corrected chi connectivity index (χ1v) is 9.34. The summed E-state index contributed by atoms with van der Waals surface area (Å²) in [6, 6.07) is 5.18. The topological polar surface area (TPSA) is 69.2 Å². The number of rotatable bonds is 3. The highest BCUT2D eigenvalue weighted by Gasteiger charge is 2.38. The van der Waals surface area contributed by atoms with Crippen LogP contribution in [0.4, 0.5) is 13.2 Å². The molecule has 0 aromatic carbocycles. The molecule has 2 N–H and O–H groups in total. The van der Waals surface area contributed by atoms with E-state index in [0.29, 0.717) is 0 Å². The van der Waals surface area contributed by atoms with Crippen LogP contribution in [0, 0.1) is 0 Å². The van der Waals surface area contributed by atoms with Crippen LogP contribution in [0.2, 0.25) is 0 Å². The fourth-order valence-corrected chi connectivity index (χ4v) is 3.87. The Balaban J connectivity index is 0.000000242. The fraction of sp³-hybridized carbons (Fsp3) is 0.529. The minimum Gasteiger partial charge on any atom is -0.475 e. The van der Waals surface area contributed by atoms with E-state index in [4.69, 9.17) is 9.90 Å². The summed E-state index contributed by atoms with van der Waals surface area (Å²) in [7, 11) is 0. The third-order valence-corrected chi connectivity index (χ3v) is 5.68. The van der Waals surface area contributed by atoms with Gasteiger partial charge in [-0.1, -0.05) is 12.5 Å². The van der Waals surface area contributed by atoms with Crippen LogP contribution in [-0.4, -0.2) is 44.9 Å². The number of hydrogen-bond acceptors (Lipinski definition) is 4. The molecule has 0 amide bonds. The molecule has 0 radical (unpaired) electrons. The highest BCUT2D eigenvalue weighted by Crippen LogP contribution is 2.31. The zero-order chi connectivity index (χ0) is 18.7. The molecule has 2 aliphatic rings. The van der Waals surface area contributed by atoms with Crippen LogP contribution in [0.25, 0.3) is 0 Å². The number of alkyl halides is 3. The number of carbonyl (C=O) groups is 1. The summed E-state index contributed by atoms with van der Waals surface area (Å²) in [4.78, 5) is 13.0. The summed E-state index contributed by atoms with van der Waals surface area (Å²) in [5.41, 5.74) is 4.12. The summed E-state index contributed by atoms with van der Waals surface area (Å²) >= 11 is 1.83. The molecule has 3 heterocycles. The second-order valence-electron chi connectivity index (χ2n) is 6.49. The molecule has 1 saturated carbocycles. The minimum atomic E-state index is -5.08. The van der Waals surface area contributed by atoms with Crippen molar-refractivity contribution in [2.45, 2.75) is 50.9 Å². The van der Waals surface area contributed by atoms with Gasteiger partial charge in [-0.3, -0.25) is 10.00 Å². The molecule has 1 aliphatic heterocycles. The molecule has 0 saturated heterocycles. The molecule has 142 valence electrons. The number of fused-ring (bicyclic) bond motifs is 1. The Bertz CT molecular complexity index is 739. The van der Waals surface area contributed by atoms with Gasteiger partial charge in [0, 0.05) is 48.1 Å². The SMILES string of the molecule is O=C(O)C(F)(F)F.c1csc(Cc2n[nH]c3c2CN(C2CCC2)CC3)c1. The molecule has 0 unspecified atom stereocenters. The van der Waals surface area contributed by atoms with Crippen molar-refractivity contribution in [2.75, 3.05) is 6.54 Å². The first kappa shape index (κ1) is 18.9. The Labute approximate surface area is 152 Å². The van der Waals surface area contributed by atoms with Gasteiger partial charge in [-0.15, -0.1) is 11.3 Å². The molecule has 26 heavy (non-hydrogen) atoms. The third-order valence-electron chi connectivity index (χ3n) is 4.80. The minimum absolute atomic E-state index is 0.845. The summed E-state index contributed by atoms with van der Waals surface area (Å²) in [5, 5.41) is 17.1.